The minimum Gasteiger partial charge on any atom is -0.397 e. The van der Waals surface area contributed by atoms with Crippen LogP contribution in [0.15, 0.2) is 36.5 Å². The lowest BCUT2D eigenvalue weighted by Gasteiger charge is -2.03. The fraction of sp³-hybridized carbons (Fsp3) is 0.0833. The van der Waals surface area contributed by atoms with E-state index in [2.05, 4.69) is 4.98 Å². The summed E-state index contributed by atoms with van der Waals surface area (Å²) >= 11 is 6.04. The number of aromatic nitrogens is 1. The van der Waals surface area contributed by atoms with Gasteiger partial charge >= 0.3 is 0 Å². The average Bonchev–Trinajstić information content (AvgIpc) is 2.23. The first-order valence-corrected chi connectivity index (χ1v) is 5.02. The molecule has 0 fully saturated rings. The van der Waals surface area contributed by atoms with E-state index in [1.807, 2.05) is 37.3 Å². The summed E-state index contributed by atoms with van der Waals surface area (Å²) in [5.74, 6) is 0. The number of anilines is 1. The lowest BCUT2D eigenvalue weighted by Crippen LogP contribution is -1.88. The Hall–Kier alpha value is -1.54. The van der Waals surface area contributed by atoms with Crippen molar-refractivity contribution in [3.8, 4) is 11.3 Å². The molecular weight excluding hydrogens is 208 g/mol. The zero-order valence-electron chi connectivity index (χ0n) is 8.37. The molecule has 0 saturated carbocycles. The maximum Gasteiger partial charge on any atom is 0.0704 e. The molecule has 76 valence electrons. The van der Waals surface area contributed by atoms with Crippen LogP contribution < -0.4 is 5.73 Å². The van der Waals surface area contributed by atoms with Crippen molar-refractivity contribution in [1.29, 1.82) is 0 Å². The number of hydrogen-bond acceptors (Lipinski definition) is 2. The van der Waals surface area contributed by atoms with Gasteiger partial charge in [-0.15, -0.1) is 0 Å². The Kier molecular flexibility index (Phi) is 2.60. The van der Waals surface area contributed by atoms with Gasteiger partial charge in [-0.1, -0.05) is 23.7 Å². The molecule has 0 aliphatic heterocycles. The van der Waals surface area contributed by atoms with E-state index in [1.165, 1.54) is 0 Å². The van der Waals surface area contributed by atoms with Crippen molar-refractivity contribution >= 4 is 17.3 Å². The predicted octanol–water partition coefficient (Wildman–Crippen LogP) is 3.29. The van der Waals surface area contributed by atoms with Gasteiger partial charge < -0.3 is 5.73 Å². The van der Waals surface area contributed by atoms with Crippen molar-refractivity contribution in [2.24, 2.45) is 0 Å². The van der Waals surface area contributed by atoms with Crippen LogP contribution in [0.25, 0.3) is 11.3 Å². The van der Waals surface area contributed by atoms with Gasteiger partial charge in [-0.05, 0) is 30.7 Å². The largest absolute Gasteiger partial charge is 0.397 e. The van der Waals surface area contributed by atoms with Gasteiger partial charge in [0.15, 0.2) is 0 Å². The highest BCUT2D eigenvalue weighted by Crippen LogP contribution is 2.23. The molecule has 0 unspecified atom stereocenters. The molecule has 0 saturated heterocycles. The first-order chi connectivity index (χ1) is 7.16. The van der Waals surface area contributed by atoms with E-state index in [9.17, 15) is 0 Å². The second-order valence-corrected chi connectivity index (χ2v) is 3.85. The molecule has 0 aliphatic rings. The number of pyridine rings is 1. The standard InChI is InChI=1S/C12H11ClN2/c1-8-2-3-9(6-11(8)13)12-5-4-10(14)7-15-12/h2-7H,14H2,1H3. The molecule has 0 radical (unpaired) electrons. The minimum absolute atomic E-state index is 0.664. The number of hydrogen-bond donors (Lipinski definition) is 1. The minimum atomic E-state index is 0.664. The summed E-state index contributed by atoms with van der Waals surface area (Å²) in [5, 5.41) is 0.756. The highest BCUT2D eigenvalue weighted by atomic mass is 35.5. The van der Waals surface area contributed by atoms with Crippen LogP contribution in [0.5, 0.6) is 0 Å². The van der Waals surface area contributed by atoms with Crippen LogP contribution in [0.1, 0.15) is 5.56 Å². The van der Waals surface area contributed by atoms with Gasteiger partial charge in [0.05, 0.1) is 17.6 Å². The number of nitrogens with zero attached hydrogens (tertiary/aromatic N) is 1. The van der Waals surface area contributed by atoms with Crippen LogP contribution in [-0.4, -0.2) is 4.98 Å². The second kappa shape index (κ2) is 3.91. The smallest absolute Gasteiger partial charge is 0.0704 e. The number of benzene rings is 1. The zero-order valence-corrected chi connectivity index (χ0v) is 9.12. The number of nitrogens with two attached hydrogens (primary N) is 1. The van der Waals surface area contributed by atoms with E-state index >= 15 is 0 Å². The number of halogens is 1. The summed E-state index contributed by atoms with van der Waals surface area (Å²) in [6.07, 6.45) is 1.64. The topological polar surface area (TPSA) is 38.9 Å². The van der Waals surface area contributed by atoms with Gasteiger partial charge in [0.2, 0.25) is 0 Å². The van der Waals surface area contributed by atoms with Gasteiger partial charge in [0, 0.05) is 10.6 Å². The molecule has 0 amide bonds. The fourth-order valence-electron chi connectivity index (χ4n) is 1.33. The summed E-state index contributed by atoms with van der Waals surface area (Å²) in [6, 6.07) is 9.61. The molecule has 1 heterocycles. The molecule has 0 bridgehead atoms. The highest BCUT2D eigenvalue weighted by Gasteiger charge is 2.01. The summed E-state index contributed by atoms with van der Waals surface area (Å²) in [4.78, 5) is 4.24. The molecule has 0 atom stereocenters. The normalized spacial score (nSPS) is 10.3. The first-order valence-electron chi connectivity index (χ1n) is 4.65. The SMILES string of the molecule is Cc1ccc(-c2ccc(N)cn2)cc1Cl. The Morgan fingerprint density at radius 1 is 1.20 bits per heavy atom. The van der Waals surface area contributed by atoms with E-state index in [-0.39, 0.29) is 0 Å². The predicted molar refractivity (Wildman–Crippen MR) is 63.8 cm³/mol. The quantitative estimate of drug-likeness (QED) is 0.798. The molecule has 2 rings (SSSR count). The summed E-state index contributed by atoms with van der Waals surface area (Å²) in [6.45, 7) is 1.97. The van der Waals surface area contributed by atoms with E-state index < -0.39 is 0 Å². The third kappa shape index (κ3) is 2.10. The van der Waals surface area contributed by atoms with Crippen LogP contribution in [-0.2, 0) is 0 Å². The van der Waals surface area contributed by atoms with Crippen molar-refractivity contribution in [3.05, 3.63) is 47.1 Å². The molecule has 0 aliphatic carbocycles. The Labute approximate surface area is 93.7 Å². The summed E-state index contributed by atoms with van der Waals surface area (Å²) in [7, 11) is 0. The van der Waals surface area contributed by atoms with Crippen molar-refractivity contribution < 1.29 is 0 Å². The third-order valence-corrected chi connectivity index (χ3v) is 2.66. The number of aryl methyl sites for hydroxylation is 1. The summed E-state index contributed by atoms with van der Waals surface area (Å²) < 4.78 is 0. The van der Waals surface area contributed by atoms with Gasteiger partial charge in [-0.3, -0.25) is 4.98 Å². The molecule has 1 aromatic heterocycles. The molecule has 1 aromatic carbocycles. The zero-order chi connectivity index (χ0) is 10.8. The van der Waals surface area contributed by atoms with Crippen molar-refractivity contribution in [1.82, 2.24) is 4.98 Å². The number of rotatable bonds is 1. The first kappa shape index (κ1) is 9.99. The van der Waals surface area contributed by atoms with Gasteiger partial charge in [0.25, 0.3) is 0 Å². The van der Waals surface area contributed by atoms with Gasteiger partial charge in [-0.2, -0.15) is 0 Å². The molecule has 0 spiro atoms. The van der Waals surface area contributed by atoms with Crippen LogP contribution >= 0.6 is 11.6 Å². The van der Waals surface area contributed by atoms with Gasteiger partial charge in [-0.25, -0.2) is 0 Å². The van der Waals surface area contributed by atoms with Crippen molar-refractivity contribution in [2.45, 2.75) is 6.92 Å². The van der Waals surface area contributed by atoms with Crippen LogP contribution in [0, 0.1) is 6.92 Å². The van der Waals surface area contributed by atoms with E-state index in [4.69, 9.17) is 17.3 Å². The Morgan fingerprint density at radius 3 is 2.60 bits per heavy atom. The van der Waals surface area contributed by atoms with Crippen LogP contribution in [0.2, 0.25) is 5.02 Å². The monoisotopic (exact) mass is 218 g/mol. The lowest BCUT2D eigenvalue weighted by molar-refractivity contribution is 1.32. The lowest BCUT2D eigenvalue weighted by atomic mass is 10.1. The molecule has 3 heteroatoms. The van der Waals surface area contributed by atoms with Gasteiger partial charge in [0.1, 0.15) is 0 Å². The Balaban J connectivity index is 2.45. The molecule has 15 heavy (non-hydrogen) atoms. The van der Waals surface area contributed by atoms with E-state index in [0.29, 0.717) is 5.69 Å². The van der Waals surface area contributed by atoms with Crippen LogP contribution in [0.4, 0.5) is 5.69 Å². The summed E-state index contributed by atoms with van der Waals surface area (Å²) in [5.41, 5.74) is 9.19. The van der Waals surface area contributed by atoms with E-state index in [0.717, 1.165) is 21.8 Å². The van der Waals surface area contributed by atoms with Crippen molar-refractivity contribution in [3.63, 3.8) is 0 Å². The third-order valence-electron chi connectivity index (χ3n) is 2.25. The molecule has 2 nitrogen and oxygen atoms in total. The fourth-order valence-corrected chi connectivity index (χ4v) is 1.51. The molecule has 2 aromatic rings. The Bertz CT molecular complexity index is 477. The molecular formula is C12H11ClN2. The number of nitrogen functional groups attached to an aromatic ring is 1. The maximum absolute atomic E-state index is 6.04. The Morgan fingerprint density at radius 2 is 2.00 bits per heavy atom. The second-order valence-electron chi connectivity index (χ2n) is 3.44. The van der Waals surface area contributed by atoms with Crippen LogP contribution in [0.3, 0.4) is 0 Å². The molecule has 2 N–H and O–H groups in total. The van der Waals surface area contributed by atoms with Crippen molar-refractivity contribution in [2.75, 3.05) is 5.73 Å². The van der Waals surface area contributed by atoms with E-state index in [1.54, 1.807) is 6.20 Å². The maximum atomic E-state index is 6.04. The highest BCUT2D eigenvalue weighted by molar-refractivity contribution is 6.31. The average molecular weight is 219 g/mol.